The number of benzene rings is 2. The Hall–Kier alpha value is 1.18. The van der Waals surface area contributed by atoms with E-state index >= 15 is 0 Å². The topological polar surface area (TPSA) is 47.9 Å². The molecule has 0 amide bonds. The lowest BCUT2D eigenvalue weighted by molar-refractivity contribution is 0.394. The molecule has 4 nitrogen and oxygen atoms in total. The van der Waals surface area contributed by atoms with Gasteiger partial charge in [-0.25, -0.2) is 0 Å². The molecule has 0 bridgehead atoms. The number of hydrogen-bond acceptors (Lipinski definition) is 4. The van der Waals surface area contributed by atoms with Gasteiger partial charge in [-0.05, 0) is 69.4 Å². The van der Waals surface area contributed by atoms with Crippen LogP contribution < -0.4 is 14.2 Å². The Morgan fingerprint density at radius 1 is 0.862 bits per heavy atom. The van der Waals surface area contributed by atoms with E-state index in [-0.39, 0.29) is 14.0 Å². The largest absolute Gasteiger partial charge is 0.506 e. The maximum Gasteiger partial charge on any atom is 0.369 e. The highest BCUT2D eigenvalue weighted by Gasteiger charge is 2.08. The van der Waals surface area contributed by atoms with E-state index in [1.807, 2.05) is 12.1 Å². The van der Waals surface area contributed by atoms with Crippen molar-refractivity contribution >= 4 is 119 Å². The van der Waals surface area contributed by atoms with Crippen molar-refractivity contribution in [2.24, 2.45) is 0 Å². The quantitative estimate of drug-likeness (QED) is 0.248. The van der Waals surface area contributed by atoms with Gasteiger partial charge in [0.05, 0.1) is 21.3 Å². The van der Waals surface area contributed by atoms with Gasteiger partial charge in [0.15, 0.2) is 0 Å². The van der Waals surface area contributed by atoms with Gasteiger partial charge in [-0.3, -0.25) is 0 Å². The molecule has 0 saturated heterocycles. The van der Waals surface area contributed by atoms with Crippen LogP contribution in [0.25, 0.3) is 0 Å². The van der Waals surface area contributed by atoms with Gasteiger partial charge in [-0.1, -0.05) is 37.0 Å². The van der Waals surface area contributed by atoms with Crippen LogP contribution in [-0.2, 0) is 0 Å². The van der Waals surface area contributed by atoms with Gasteiger partial charge in [0.1, 0.15) is 33.0 Å². The summed E-state index contributed by atoms with van der Waals surface area (Å²) in [6, 6.07) is 7.03. The van der Waals surface area contributed by atoms with E-state index in [4.69, 9.17) is 38.8 Å². The zero-order valence-corrected chi connectivity index (χ0v) is 26.5. The van der Waals surface area contributed by atoms with Gasteiger partial charge in [-0.15, -0.1) is 47.3 Å². The molecule has 0 radical (unpaired) electrons. The van der Waals surface area contributed by atoms with Gasteiger partial charge < -0.3 is 19.3 Å². The van der Waals surface area contributed by atoms with Crippen molar-refractivity contribution in [1.82, 2.24) is 0 Å². The first-order valence-electron chi connectivity index (χ1n) is 8.19. The fraction of sp³-hybridized carbons (Fsp3) is 0.294. The Morgan fingerprint density at radius 3 is 1.45 bits per heavy atom. The Bertz CT molecular complexity index is 737. The van der Waals surface area contributed by atoms with Gasteiger partial charge in [0.25, 0.3) is 0 Å². The summed E-state index contributed by atoms with van der Waals surface area (Å²) in [6.45, 7) is 2.29. The van der Waals surface area contributed by atoms with Crippen molar-refractivity contribution < 1.29 is 20.7 Å². The monoisotopic (exact) mass is 861 g/mol. The highest BCUT2D eigenvalue weighted by molar-refractivity contribution is 14.1. The van der Waals surface area contributed by atoms with E-state index in [2.05, 4.69) is 92.5 Å². The lowest BCUT2D eigenvalue weighted by Gasteiger charge is -2.07. The van der Waals surface area contributed by atoms with Gasteiger partial charge in [0.2, 0.25) is 0 Å². The lowest BCUT2D eigenvalue weighted by atomic mass is 10.3. The third-order valence-corrected chi connectivity index (χ3v) is 4.61. The predicted molar refractivity (Wildman–Crippen MR) is 154 cm³/mol. The molecular formula is C17H20BBr3Cl2I2O4. The summed E-state index contributed by atoms with van der Waals surface area (Å²) in [4.78, 5) is 0. The van der Waals surface area contributed by atoms with Crippen molar-refractivity contribution in [2.75, 3.05) is 21.3 Å². The van der Waals surface area contributed by atoms with E-state index < -0.39 is 0 Å². The summed E-state index contributed by atoms with van der Waals surface area (Å²) < 4.78 is 23.4. The molecule has 1 N–H and O–H groups in total. The second-order valence-electron chi connectivity index (χ2n) is 4.31. The molecule has 164 valence electrons. The highest BCUT2D eigenvalue weighted by Crippen LogP contribution is 2.36. The summed E-state index contributed by atoms with van der Waals surface area (Å²) in [5.74, 6) is 1.83. The van der Waals surface area contributed by atoms with Crippen LogP contribution in [0, 0.1) is 7.14 Å². The van der Waals surface area contributed by atoms with Crippen LogP contribution in [0.15, 0.2) is 24.3 Å². The van der Waals surface area contributed by atoms with Crippen molar-refractivity contribution in [1.29, 1.82) is 0 Å². The van der Waals surface area contributed by atoms with Crippen LogP contribution in [0.2, 0.25) is 10.0 Å². The van der Waals surface area contributed by atoms with E-state index in [0.717, 1.165) is 7.14 Å². The molecular weight excluding hydrogens is 843 g/mol. The number of phenols is 1. The zero-order chi connectivity index (χ0) is 23.9. The van der Waals surface area contributed by atoms with Gasteiger partial charge in [0, 0.05) is 8.51 Å². The molecule has 0 saturated carbocycles. The van der Waals surface area contributed by atoms with Crippen molar-refractivity contribution in [3.63, 3.8) is 0 Å². The molecule has 0 aliphatic rings. The molecule has 2 rings (SSSR count). The summed E-state index contributed by atoms with van der Waals surface area (Å²) in [5.41, 5.74) is 0. The summed E-state index contributed by atoms with van der Waals surface area (Å²) in [5, 5.41) is 9.97. The molecule has 29 heavy (non-hydrogen) atoms. The minimum Gasteiger partial charge on any atom is -0.506 e. The molecule has 0 aromatic heterocycles. The molecule has 0 unspecified atom stereocenters. The van der Waals surface area contributed by atoms with Gasteiger partial charge in [-0.2, -0.15) is 0 Å². The molecule has 0 fully saturated rings. The second-order valence-corrected chi connectivity index (χ2v) is 14.0. The number of methoxy groups -OCH3 is 3. The fourth-order valence-corrected chi connectivity index (χ4v) is 3.13. The van der Waals surface area contributed by atoms with Crippen LogP contribution in [-0.4, -0.2) is 29.6 Å². The van der Waals surface area contributed by atoms with Crippen molar-refractivity contribution in [3.05, 3.63) is 41.5 Å². The zero-order valence-electron chi connectivity index (χ0n) is 16.9. The van der Waals surface area contributed by atoms with E-state index in [0.29, 0.717) is 29.2 Å². The molecule has 0 aliphatic carbocycles. The molecule has 0 aliphatic heterocycles. The van der Waals surface area contributed by atoms with E-state index in [1.165, 1.54) is 7.11 Å². The number of ether oxygens (including phenoxy) is 3. The van der Waals surface area contributed by atoms with Crippen LogP contribution in [0.3, 0.4) is 0 Å². The van der Waals surface area contributed by atoms with E-state index in [9.17, 15) is 5.11 Å². The number of halogens is 7. The maximum atomic E-state index is 9.20. The summed E-state index contributed by atoms with van der Waals surface area (Å²) in [6.07, 6.45) is 0. The molecule has 2 aromatic carbocycles. The standard InChI is InChI=1S/C8H8ClIO2.C7H6ClIO2.C2H6.BBr3/c1-11-6-3-5(10)4-7(12-2)8(6)9;1-11-6-3-4(9)2-5(10)7(6)8;1-2;2-1(3)4/h3-4H,1-2H3;2-3,10H,1H3;1-2H3;/i;;1D;. The molecule has 12 heteroatoms. The van der Waals surface area contributed by atoms with Gasteiger partial charge >= 0.3 is 3.18 Å². The summed E-state index contributed by atoms with van der Waals surface area (Å²) >= 11 is 25.2. The van der Waals surface area contributed by atoms with E-state index in [1.54, 1.807) is 33.3 Å². The smallest absolute Gasteiger partial charge is 0.369 e. The van der Waals surface area contributed by atoms with Crippen LogP contribution in [0.5, 0.6) is 23.0 Å². The number of aromatic hydroxyl groups is 1. The third-order valence-electron chi connectivity index (χ3n) is 2.62. The first-order valence-corrected chi connectivity index (χ1v) is 13.1. The molecule has 0 spiro atoms. The van der Waals surface area contributed by atoms with Crippen molar-refractivity contribution in [2.45, 2.75) is 13.8 Å². The molecule has 0 heterocycles. The Labute approximate surface area is 236 Å². The van der Waals surface area contributed by atoms with Crippen LogP contribution >= 0.6 is 116 Å². The SMILES string of the molecule is BrB(Br)Br.COc1cc(I)cc(O)c1Cl.COc1cc(I)cc(OC)c1Cl.[2H]CC. The average Bonchev–Trinajstić information content (AvgIpc) is 2.66. The predicted octanol–water partition coefficient (Wildman–Crippen LogP) is 8.80. The normalized spacial score (nSPS) is 9.28. The average molecular weight is 865 g/mol. The van der Waals surface area contributed by atoms with Crippen LogP contribution in [0.1, 0.15) is 15.2 Å². The minimum atomic E-state index is 0.0513. The first kappa shape index (κ1) is 30.2. The fourth-order valence-electron chi connectivity index (χ4n) is 1.54. The summed E-state index contributed by atoms with van der Waals surface area (Å²) in [7, 11) is 4.67. The first-order chi connectivity index (χ1) is 14.0. The Balaban J connectivity index is 0. The Morgan fingerprint density at radius 2 is 1.14 bits per heavy atom. The molecule has 2 aromatic rings. The third kappa shape index (κ3) is 14.0. The lowest BCUT2D eigenvalue weighted by Crippen LogP contribution is -1.90. The second kappa shape index (κ2) is 18.7. The van der Waals surface area contributed by atoms with Crippen LogP contribution in [0.4, 0.5) is 0 Å². The Kier molecular flexibility index (Phi) is 19.5. The minimum absolute atomic E-state index is 0.0513. The molecule has 0 atom stereocenters. The van der Waals surface area contributed by atoms with Crippen molar-refractivity contribution in [3.8, 4) is 23.0 Å². The maximum absolute atomic E-state index is 9.20. The number of hydrogen-bond donors (Lipinski definition) is 1. The number of rotatable bonds is 3. The number of phenolic OH excluding ortho intramolecular Hbond substituents is 1. The highest BCUT2D eigenvalue weighted by atomic mass is 127.